The number of nitrogens with zero attached hydrogens (tertiary/aromatic N) is 3. The Morgan fingerprint density at radius 1 is 0.967 bits per heavy atom. The van der Waals surface area contributed by atoms with Gasteiger partial charge in [0.2, 0.25) is 5.91 Å². The van der Waals surface area contributed by atoms with Crippen LogP contribution in [0, 0.1) is 0 Å². The van der Waals surface area contributed by atoms with Crippen LogP contribution < -0.4 is 14.4 Å². The number of para-hydroxylation sites is 1. The van der Waals surface area contributed by atoms with E-state index in [1.807, 2.05) is 48.2 Å². The smallest absolute Gasteiger partial charge is 0.244 e. The number of fused-ring (bicyclic) bond motifs is 1. The molecule has 2 aliphatic rings. The van der Waals surface area contributed by atoms with Crippen molar-refractivity contribution in [2.45, 2.75) is 19.4 Å². The third-order valence-electron chi connectivity index (χ3n) is 6.20. The summed E-state index contributed by atoms with van der Waals surface area (Å²) in [5.41, 5.74) is 2.36. The third-order valence-corrected chi connectivity index (χ3v) is 6.20. The normalized spacial score (nSPS) is 18.1. The number of piperazine rings is 1. The fourth-order valence-electron chi connectivity index (χ4n) is 4.29. The second-order valence-corrected chi connectivity index (χ2v) is 7.95. The highest BCUT2D eigenvalue weighted by atomic mass is 16.5. The molecule has 2 aliphatic heterocycles. The van der Waals surface area contributed by atoms with E-state index in [9.17, 15) is 4.79 Å². The highest BCUT2D eigenvalue weighted by Crippen LogP contribution is 2.28. The Kier molecular flexibility index (Phi) is 6.55. The Balaban J connectivity index is 1.21. The maximum atomic E-state index is 13.1. The average Bonchev–Trinajstić information content (AvgIpc) is 3.23. The molecule has 0 N–H and O–H groups in total. The van der Waals surface area contributed by atoms with Crippen LogP contribution in [0.15, 0.2) is 48.5 Å². The molecule has 0 radical (unpaired) electrons. The molecule has 160 valence electrons. The quantitative estimate of drug-likeness (QED) is 0.704. The Morgan fingerprint density at radius 2 is 1.67 bits per heavy atom. The van der Waals surface area contributed by atoms with Crippen molar-refractivity contribution in [2.24, 2.45) is 0 Å². The Labute approximate surface area is 179 Å². The first-order valence-corrected chi connectivity index (χ1v) is 10.8. The molecule has 2 aromatic carbocycles. The lowest BCUT2D eigenvalue weighted by Gasteiger charge is -2.38. The van der Waals surface area contributed by atoms with Gasteiger partial charge in [-0.25, -0.2) is 0 Å². The van der Waals surface area contributed by atoms with E-state index in [-0.39, 0.29) is 11.9 Å². The van der Waals surface area contributed by atoms with E-state index in [1.165, 1.54) is 5.56 Å². The number of carbonyl (C=O) groups is 1. The summed E-state index contributed by atoms with van der Waals surface area (Å²) in [7, 11) is 1.66. The molecule has 1 saturated heterocycles. The second-order valence-electron chi connectivity index (χ2n) is 7.95. The Bertz CT molecular complexity index is 847. The van der Waals surface area contributed by atoms with Gasteiger partial charge in [0.05, 0.1) is 13.2 Å². The van der Waals surface area contributed by atoms with E-state index >= 15 is 0 Å². The van der Waals surface area contributed by atoms with Crippen LogP contribution in [0.25, 0.3) is 0 Å². The van der Waals surface area contributed by atoms with Crippen molar-refractivity contribution in [3.05, 3.63) is 54.1 Å². The summed E-state index contributed by atoms with van der Waals surface area (Å²) >= 11 is 0. The zero-order valence-electron chi connectivity index (χ0n) is 17.9. The number of carbonyl (C=O) groups excluding carboxylic acids is 1. The number of hydrogen-bond acceptors (Lipinski definition) is 5. The van der Waals surface area contributed by atoms with E-state index in [4.69, 9.17) is 9.47 Å². The molecule has 0 spiro atoms. The van der Waals surface area contributed by atoms with Gasteiger partial charge in [-0.05, 0) is 49.2 Å². The van der Waals surface area contributed by atoms with Crippen LogP contribution >= 0.6 is 0 Å². The van der Waals surface area contributed by atoms with Gasteiger partial charge in [-0.2, -0.15) is 0 Å². The van der Waals surface area contributed by atoms with E-state index in [1.54, 1.807) is 7.11 Å². The van der Waals surface area contributed by atoms with Crippen molar-refractivity contribution in [3.63, 3.8) is 0 Å². The van der Waals surface area contributed by atoms with Crippen molar-refractivity contribution >= 4 is 11.6 Å². The van der Waals surface area contributed by atoms with Crippen LogP contribution in [-0.2, 0) is 11.2 Å². The summed E-state index contributed by atoms with van der Waals surface area (Å²) in [6, 6.07) is 15.8. The number of rotatable bonds is 7. The lowest BCUT2D eigenvalue weighted by molar-refractivity contribution is -0.123. The lowest BCUT2D eigenvalue weighted by atomic mass is 10.1. The lowest BCUT2D eigenvalue weighted by Crippen LogP contribution is -2.54. The van der Waals surface area contributed by atoms with Crippen molar-refractivity contribution in [1.82, 2.24) is 9.80 Å². The molecule has 6 nitrogen and oxygen atoms in total. The number of benzene rings is 2. The Hall–Kier alpha value is -2.57. The molecule has 30 heavy (non-hydrogen) atoms. The molecule has 0 saturated carbocycles. The van der Waals surface area contributed by atoms with Gasteiger partial charge >= 0.3 is 0 Å². The van der Waals surface area contributed by atoms with Gasteiger partial charge in [0.25, 0.3) is 0 Å². The van der Waals surface area contributed by atoms with E-state index in [2.05, 4.69) is 21.9 Å². The second kappa shape index (κ2) is 9.49. The zero-order valence-corrected chi connectivity index (χ0v) is 17.9. The van der Waals surface area contributed by atoms with Gasteiger partial charge in [0.15, 0.2) is 0 Å². The molecule has 2 aromatic rings. The topological polar surface area (TPSA) is 45.3 Å². The molecular weight excluding hydrogens is 378 g/mol. The minimum absolute atomic E-state index is 0.0890. The van der Waals surface area contributed by atoms with E-state index in [0.717, 1.165) is 62.9 Å². The van der Waals surface area contributed by atoms with Gasteiger partial charge in [-0.15, -0.1) is 0 Å². The summed E-state index contributed by atoms with van der Waals surface area (Å²) in [5.74, 6) is 1.91. The largest absolute Gasteiger partial charge is 0.497 e. The molecule has 4 rings (SSSR count). The fraction of sp³-hybridized carbons (Fsp3) is 0.458. The average molecular weight is 410 g/mol. The number of methoxy groups -OCH3 is 1. The summed E-state index contributed by atoms with van der Waals surface area (Å²) in [6.45, 7) is 8.13. The van der Waals surface area contributed by atoms with Crippen LogP contribution in [-0.4, -0.2) is 74.7 Å². The van der Waals surface area contributed by atoms with Crippen LogP contribution in [0.5, 0.6) is 11.5 Å². The van der Waals surface area contributed by atoms with Gasteiger partial charge in [-0.3, -0.25) is 14.6 Å². The minimum atomic E-state index is -0.0890. The van der Waals surface area contributed by atoms with Gasteiger partial charge in [-0.1, -0.05) is 18.2 Å². The predicted octanol–water partition coefficient (Wildman–Crippen LogP) is 2.67. The SMILES string of the molecule is COc1ccc(OCCN2CCN([C@H](C)C(=O)N3CCc4ccccc43)CC2)cc1. The van der Waals surface area contributed by atoms with Crippen molar-refractivity contribution in [2.75, 3.05) is 57.9 Å². The molecule has 1 amide bonds. The molecular formula is C24H31N3O3. The molecule has 6 heteroatoms. The van der Waals surface area contributed by atoms with E-state index in [0.29, 0.717) is 6.61 Å². The van der Waals surface area contributed by atoms with Crippen molar-refractivity contribution in [1.29, 1.82) is 0 Å². The number of anilines is 1. The summed E-state index contributed by atoms with van der Waals surface area (Å²) in [4.78, 5) is 19.8. The van der Waals surface area contributed by atoms with Gasteiger partial charge in [0.1, 0.15) is 18.1 Å². The predicted molar refractivity (Wildman–Crippen MR) is 118 cm³/mol. The standard InChI is InChI=1S/C24H31N3O3/c1-19(24(28)27-12-11-20-5-3-4-6-23(20)27)26-15-13-25(14-16-26)17-18-30-22-9-7-21(29-2)8-10-22/h3-10,19H,11-18H2,1-2H3/t19-/m1/s1. The van der Waals surface area contributed by atoms with Crippen LogP contribution in [0.4, 0.5) is 5.69 Å². The molecule has 1 fully saturated rings. The first kappa shape index (κ1) is 20.7. The fourth-order valence-corrected chi connectivity index (χ4v) is 4.29. The zero-order chi connectivity index (χ0) is 20.9. The Morgan fingerprint density at radius 3 is 2.40 bits per heavy atom. The molecule has 0 aliphatic carbocycles. The first-order valence-electron chi connectivity index (χ1n) is 10.8. The summed E-state index contributed by atoms with van der Waals surface area (Å²) in [6.07, 6.45) is 0.955. The minimum Gasteiger partial charge on any atom is -0.497 e. The third kappa shape index (κ3) is 4.60. The maximum Gasteiger partial charge on any atom is 0.244 e. The monoisotopic (exact) mass is 409 g/mol. The van der Waals surface area contributed by atoms with E-state index < -0.39 is 0 Å². The number of amides is 1. The van der Waals surface area contributed by atoms with Crippen LogP contribution in [0.1, 0.15) is 12.5 Å². The maximum absolute atomic E-state index is 13.1. The summed E-state index contributed by atoms with van der Waals surface area (Å²) in [5, 5.41) is 0. The van der Waals surface area contributed by atoms with Gasteiger partial charge in [0, 0.05) is 45.0 Å². The number of ether oxygens (including phenoxy) is 2. The van der Waals surface area contributed by atoms with Gasteiger partial charge < -0.3 is 14.4 Å². The van der Waals surface area contributed by atoms with Crippen LogP contribution in [0.2, 0.25) is 0 Å². The van der Waals surface area contributed by atoms with Crippen LogP contribution in [0.3, 0.4) is 0 Å². The first-order chi connectivity index (χ1) is 14.7. The molecule has 0 aromatic heterocycles. The van der Waals surface area contributed by atoms with Crippen molar-refractivity contribution in [3.8, 4) is 11.5 Å². The molecule has 1 atom stereocenters. The number of hydrogen-bond donors (Lipinski definition) is 0. The highest BCUT2D eigenvalue weighted by Gasteiger charge is 2.32. The molecule has 2 heterocycles. The summed E-state index contributed by atoms with van der Waals surface area (Å²) < 4.78 is 11.0. The van der Waals surface area contributed by atoms with Crippen molar-refractivity contribution < 1.29 is 14.3 Å². The highest BCUT2D eigenvalue weighted by molar-refractivity contribution is 5.98. The molecule has 0 bridgehead atoms. The molecule has 0 unspecified atom stereocenters.